The van der Waals surface area contributed by atoms with Gasteiger partial charge < -0.3 is 14.5 Å². The van der Waals surface area contributed by atoms with Gasteiger partial charge in [0.1, 0.15) is 11.5 Å². The first-order valence-electron chi connectivity index (χ1n) is 5.42. The van der Waals surface area contributed by atoms with Crippen molar-refractivity contribution in [3.63, 3.8) is 0 Å². The molecule has 1 aromatic carbocycles. The van der Waals surface area contributed by atoms with Crippen molar-refractivity contribution in [1.29, 1.82) is 0 Å². The summed E-state index contributed by atoms with van der Waals surface area (Å²) in [5, 5.41) is 3.33. The Balaban J connectivity index is 2.10. The maximum atomic E-state index is 5.51. The molecule has 0 fully saturated rings. The molecule has 0 aliphatic carbocycles. The maximum absolute atomic E-state index is 5.51. The maximum Gasteiger partial charge on any atom is 0.183 e. The molecule has 0 radical (unpaired) electrons. The third kappa shape index (κ3) is 3.09. The van der Waals surface area contributed by atoms with Crippen LogP contribution in [0, 0.1) is 6.92 Å². The largest absolute Gasteiger partial charge is 0.497 e. The minimum Gasteiger partial charge on any atom is -0.497 e. The Morgan fingerprint density at radius 2 is 2.06 bits per heavy atom. The summed E-state index contributed by atoms with van der Waals surface area (Å²) in [6.07, 6.45) is 0. The lowest BCUT2D eigenvalue weighted by molar-refractivity contribution is 0.415. The van der Waals surface area contributed by atoms with Crippen LogP contribution in [0.15, 0.2) is 37.8 Å². The second-order valence-corrected chi connectivity index (χ2v) is 5.44. The summed E-state index contributed by atoms with van der Waals surface area (Å²) < 4.78 is 12.3. The lowest BCUT2D eigenvalue weighted by atomic mass is 10.2. The van der Waals surface area contributed by atoms with Gasteiger partial charge in [0.25, 0.3) is 0 Å². The van der Waals surface area contributed by atoms with E-state index in [2.05, 4.69) is 44.1 Å². The van der Waals surface area contributed by atoms with Crippen LogP contribution in [0.4, 0.5) is 5.69 Å². The predicted octanol–water partition coefficient (Wildman–Crippen LogP) is 4.73. The topological polar surface area (TPSA) is 34.4 Å². The molecule has 5 heteroatoms. The molecule has 2 rings (SSSR count). The molecule has 96 valence electrons. The number of hydrogen-bond donors (Lipinski definition) is 1. The second kappa shape index (κ2) is 5.80. The quantitative estimate of drug-likeness (QED) is 0.839. The van der Waals surface area contributed by atoms with Crippen molar-refractivity contribution in [3.05, 3.63) is 44.7 Å². The molecule has 0 bridgehead atoms. The highest BCUT2D eigenvalue weighted by Crippen LogP contribution is 2.28. The van der Waals surface area contributed by atoms with Gasteiger partial charge in [-0.25, -0.2) is 0 Å². The highest BCUT2D eigenvalue weighted by atomic mass is 79.9. The molecule has 0 saturated heterocycles. The van der Waals surface area contributed by atoms with Crippen LogP contribution in [0.5, 0.6) is 5.75 Å². The van der Waals surface area contributed by atoms with Gasteiger partial charge >= 0.3 is 0 Å². The summed E-state index contributed by atoms with van der Waals surface area (Å²) in [4.78, 5) is 0. The minimum atomic E-state index is 0.623. The number of nitrogens with one attached hydrogen (secondary N) is 1. The molecule has 0 aliphatic heterocycles. The number of hydrogen-bond acceptors (Lipinski definition) is 3. The van der Waals surface area contributed by atoms with E-state index in [9.17, 15) is 0 Å². The van der Waals surface area contributed by atoms with Crippen LogP contribution in [-0.4, -0.2) is 7.11 Å². The highest BCUT2D eigenvalue weighted by Gasteiger charge is 2.07. The van der Waals surface area contributed by atoms with Crippen LogP contribution in [0.3, 0.4) is 0 Å². The summed E-state index contributed by atoms with van der Waals surface area (Å²) in [5.74, 6) is 1.70. The van der Waals surface area contributed by atoms with Gasteiger partial charge in [-0.2, -0.15) is 0 Å². The first kappa shape index (κ1) is 13.5. The van der Waals surface area contributed by atoms with Crippen molar-refractivity contribution < 1.29 is 9.15 Å². The smallest absolute Gasteiger partial charge is 0.183 e. The van der Waals surface area contributed by atoms with E-state index in [0.717, 1.165) is 21.7 Å². The molecule has 3 nitrogen and oxygen atoms in total. The summed E-state index contributed by atoms with van der Waals surface area (Å²) in [5.41, 5.74) is 2.21. The van der Waals surface area contributed by atoms with Gasteiger partial charge in [-0.15, -0.1) is 0 Å². The molecule has 0 aliphatic rings. The highest BCUT2D eigenvalue weighted by molar-refractivity contribution is 9.13. The van der Waals surface area contributed by atoms with E-state index in [1.54, 1.807) is 7.11 Å². The molecule has 0 amide bonds. The van der Waals surface area contributed by atoms with Gasteiger partial charge in [0.2, 0.25) is 0 Å². The number of rotatable bonds is 4. The van der Waals surface area contributed by atoms with Crippen LogP contribution in [0.1, 0.15) is 11.3 Å². The fourth-order valence-electron chi connectivity index (χ4n) is 1.58. The zero-order valence-electron chi connectivity index (χ0n) is 10.1. The van der Waals surface area contributed by atoms with Gasteiger partial charge in [0.05, 0.1) is 18.1 Å². The van der Waals surface area contributed by atoms with Crippen molar-refractivity contribution in [3.8, 4) is 5.75 Å². The van der Waals surface area contributed by atoms with Crippen LogP contribution in [-0.2, 0) is 6.54 Å². The Kier molecular flexibility index (Phi) is 4.35. The lowest BCUT2D eigenvalue weighted by Crippen LogP contribution is -2.00. The molecule has 0 unspecified atom stereocenters. The average molecular weight is 375 g/mol. The number of methoxy groups -OCH3 is 1. The number of benzene rings is 1. The number of halogens is 2. The van der Waals surface area contributed by atoms with E-state index in [1.165, 1.54) is 5.56 Å². The molecule has 1 aromatic heterocycles. The van der Waals surface area contributed by atoms with E-state index in [-0.39, 0.29) is 0 Å². The Labute approximate surface area is 123 Å². The van der Waals surface area contributed by atoms with E-state index in [1.807, 2.05) is 24.3 Å². The summed E-state index contributed by atoms with van der Waals surface area (Å²) in [7, 11) is 1.66. The van der Waals surface area contributed by atoms with Gasteiger partial charge in [-0.1, -0.05) is 6.07 Å². The van der Waals surface area contributed by atoms with E-state index < -0.39 is 0 Å². The minimum absolute atomic E-state index is 0.623. The fourth-order valence-corrected chi connectivity index (χ4v) is 2.24. The van der Waals surface area contributed by atoms with E-state index in [4.69, 9.17) is 9.15 Å². The lowest BCUT2D eigenvalue weighted by Gasteiger charge is -2.09. The van der Waals surface area contributed by atoms with Crippen molar-refractivity contribution in [1.82, 2.24) is 0 Å². The first-order chi connectivity index (χ1) is 8.60. The monoisotopic (exact) mass is 373 g/mol. The van der Waals surface area contributed by atoms with Crippen molar-refractivity contribution in [2.75, 3.05) is 12.4 Å². The third-order valence-electron chi connectivity index (χ3n) is 2.59. The van der Waals surface area contributed by atoms with Crippen LogP contribution in [0.2, 0.25) is 0 Å². The average Bonchev–Trinajstić information content (AvgIpc) is 2.68. The number of anilines is 1. The summed E-state index contributed by atoms with van der Waals surface area (Å²) in [6.45, 7) is 2.67. The van der Waals surface area contributed by atoms with Crippen molar-refractivity contribution >= 4 is 37.5 Å². The zero-order chi connectivity index (χ0) is 13.1. The molecule has 0 atom stereocenters. The standard InChI is InChI=1S/C13H13Br2NO2/c1-8-3-4-9(17-2)6-12(8)16-7-10-5-11(14)13(15)18-10/h3-6,16H,7H2,1-2H3. The molecule has 1 heterocycles. The molecule has 0 spiro atoms. The predicted molar refractivity (Wildman–Crippen MR) is 79.2 cm³/mol. The molecule has 18 heavy (non-hydrogen) atoms. The van der Waals surface area contributed by atoms with Gasteiger partial charge in [-0.05, 0) is 56.5 Å². The van der Waals surface area contributed by atoms with E-state index in [0.29, 0.717) is 11.2 Å². The molecule has 2 aromatic rings. The number of furan rings is 1. The Bertz CT molecular complexity index is 532. The molecule has 0 saturated carbocycles. The van der Waals surface area contributed by atoms with Crippen LogP contribution >= 0.6 is 31.9 Å². The normalized spacial score (nSPS) is 10.4. The first-order valence-corrected chi connectivity index (χ1v) is 7.01. The van der Waals surface area contributed by atoms with Crippen molar-refractivity contribution in [2.45, 2.75) is 13.5 Å². The summed E-state index contributed by atoms with van der Waals surface area (Å²) >= 11 is 6.71. The SMILES string of the molecule is COc1ccc(C)c(NCc2cc(Br)c(Br)o2)c1. The number of aryl methyl sites for hydroxylation is 1. The van der Waals surface area contributed by atoms with Crippen molar-refractivity contribution in [2.24, 2.45) is 0 Å². The Morgan fingerprint density at radius 1 is 1.28 bits per heavy atom. The third-order valence-corrected chi connectivity index (χ3v) is 4.30. The molecule has 1 N–H and O–H groups in total. The Morgan fingerprint density at radius 3 is 2.67 bits per heavy atom. The molecular weight excluding hydrogens is 362 g/mol. The summed E-state index contributed by atoms with van der Waals surface area (Å²) in [6, 6.07) is 7.88. The molecular formula is C13H13Br2NO2. The number of ether oxygens (including phenoxy) is 1. The Hall–Kier alpha value is -0.940. The van der Waals surface area contributed by atoms with Gasteiger partial charge in [0.15, 0.2) is 4.67 Å². The van der Waals surface area contributed by atoms with E-state index >= 15 is 0 Å². The fraction of sp³-hybridized carbons (Fsp3) is 0.231. The van der Waals surface area contributed by atoms with Gasteiger partial charge in [0, 0.05) is 11.8 Å². The zero-order valence-corrected chi connectivity index (χ0v) is 13.3. The van der Waals surface area contributed by atoms with Crippen LogP contribution in [0.25, 0.3) is 0 Å². The van der Waals surface area contributed by atoms with Crippen LogP contribution < -0.4 is 10.1 Å². The second-order valence-electron chi connectivity index (χ2n) is 3.87. The van der Waals surface area contributed by atoms with Gasteiger partial charge in [-0.3, -0.25) is 0 Å².